The third kappa shape index (κ3) is 3.34. The van der Waals surface area contributed by atoms with Gasteiger partial charge in [-0.15, -0.1) is 11.3 Å². The molecule has 1 amide bonds. The minimum atomic E-state index is -0.0638. The largest absolute Gasteiger partial charge is 0.347 e. The zero-order valence-electron chi connectivity index (χ0n) is 15.9. The van der Waals surface area contributed by atoms with Gasteiger partial charge in [0.05, 0.1) is 17.1 Å². The Hall–Kier alpha value is -2.92. The van der Waals surface area contributed by atoms with Crippen LogP contribution in [-0.2, 0) is 11.3 Å². The van der Waals surface area contributed by atoms with E-state index in [2.05, 4.69) is 25.2 Å². The van der Waals surface area contributed by atoms with Gasteiger partial charge < -0.3 is 9.88 Å². The van der Waals surface area contributed by atoms with E-state index in [1.165, 1.54) is 0 Å². The van der Waals surface area contributed by atoms with Crippen LogP contribution in [0.1, 0.15) is 24.8 Å². The first-order valence-corrected chi connectivity index (χ1v) is 10.3. The summed E-state index contributed by atoms with van der Waals surface area (Å²) in [4.78, 5) is 27.0. The molecule has 1 unspecified atom stereocenters. The summed E-state index contributed by atoms with van der Waals surface area (Å²) in [7, 11) is 0. The van der Waals surface area contributed by atoms with Gasteiger partial charge in [-0.1, -0.05) is 44.2 Å². The lowest BCUT2D eigenvalue weighted by atomic mass is 10.0. The van der Waals surface area contributed by atoms with Crippen LogP contribution >= 0.6 is 11.3 Å². The van der Waals surface area contributed by atoms with Crippen molar-refractivity contribution >= 4 is 39.0 Å². The Morgan fingerprint density at radius 3 is 2.11 bits per heavy atom. The predicted molar refractivity (Wildman–Crippen MR) is 116 cm³/mol. The summed E-state index contributed by atoms with van der Waals surface area (Å²) in [5.41, 5.74) is 1.55. The highest BCUT2D eigenvalue weighted by molar-refractivity contribution is 7.10. The quantitative estimate of drug-likeness (QED) is 0.501. The van der Waals surface area contributed by atoms with Crippen LogP contribution in [0.15, 0.2) is 70.8 Å². The van der Waals surface area contributed by atoms with Crippen LogP contribution in [0.4, 0.5) is 0 Å². The van der Waals surface area contributed by atoms with Crippen molar-refractivity contribution in [2.45, 2.75) is 26.4 Å². The Kier molecular flexibility index (Phi) is 5.01. The second-order valence-corrected chi connectivity index (χ2v) is 8.23. The molecule has 2 aromatic carbocycles. The molecule has 4 rings (SSSR count). The fourth-order valence-electron chi connectivity index (χ4n) is 3.64. The lowest BCUT2D eigenvalue weighted by Gasteiger charge is -2.22. The normalized spacial score (nSPS) is 12.5. The summed E-state index contributed by atoms with van der Waals surface area (Å²) in [5, 5.41) is 6.48. The van der Waals surface area contributed by atoms with Gasteiger partial charge in [0.25, 0.3) is 0 Å². The number of carbonyl (C=O) groups excluding carboxylic acids is 1. The van der Waals surface area contributed by atoms with E-state index in [1.807, 2.05) is 64.5 Å². The van der Waals surface area contributed by atoms with Crippen LogP contribution in [0.5, 0.6) is 0 Å². The van der Waals surface area contributed by atoms with Crippen molar-refractivity contribution in [3.63, 3.8) is 0 Å². The highest BCUT2D eigenvalue weighted by Gasteiger charge is 2.20. The van der Waals surface area contributed by atoms with E-state index < -0.39 is 0 Å². The van der Waals surface area contributed by atoms with Gasteiger partial charge in [0.1, 0.15) is 6.54 Å². The Morgan fingerprint density at radius 2 is 1.57 bits per heavy atom. The number of fused-ring (bicyclic) bond motifs is 2. The minimum absolute atomic E-state index is 0.00139. The van der Waals surface area contributed by atoms with E-state index in [0.29, 0.717) is 10.8 Å². The minimum Gasteiger partial charge on any atom is -0.347 e. The number of pyridine rings is 1. The summed E-state index contributed by atoms with van der Waals surface area (Å²) in [5.74, 6) is 0.219. The molecule has 28 heavy (non-hydrogen) atoms. The fourth-order valence-corrected chi connectivity index (χ4v) is 4.59. The topological polar surface area (TPSA) is 51.1 Å². The number of rotatable bonds is 5. The van der Waals surface area contributed by atoms with Gasteiger partial charge in [-0.2, -0.15) is 0 Å². The molecule has 0 saturated carbocycles. The average molecular weight is 391 g/mol. The second kappa shape index (κ2) is 7.60. The van der Waals surface area contributed by atoms with Crippen molar-refractivity contribution in [2.75, 3.05) is 0 Å². The number of nitrogens with zero attached hydrogens (tertiary/aromatic N) is 1. The number of benzene rings is 2. The maximum absolute atomic E-state index is 13.0. The number of para-hydroxylation sites is 2. The molecule has 4 nitrogen and oxygen atoms in total. The summed E-state index contributed by atoms with van der Waals surface area (Å²) in [6.45, 7) is 4.37. The molecule has 2 heterocycles. The SMILES string of the molecule is CC(C)C(NC(=O)Cn1c2ccccc2c(=O)c2ccccc21)c1cccs1. The van der Waals surface area contributed by atoms with E-state index >= 15 is 0 Å². The van der Waals surface area contributed by atoms with Crippen LogP contribution in [0.2, 0.25) is 0 Å². The molecule has 0 aliphatic carbocycles. The lowest BCUT2D eigenvalue weighted by molar-refractivity contribution is -0.122. The monoisotopic (exact) mass is 390 g/mol. The molecule has 2 aromatic heterocycles. The first-order valence-electron chi connectivity index (χ1n) is 9.39. The van der Waals surface area contributed by atoms with Gasteiger partial charge >= 0.3 is 0 Å². The number of hydrogen-bond donors (Lipinski definition) is 1. The van der Waals surface area contributed by atoms with Gasteiger partial charge in [0, 0.05) is 15.6 Å². The molecule has 0 radical (unpaired) electrons. The molecule has 1 N–H and O–H groups in total. The molecule has 0 saturated heterocycles. The fraction of sp³-hybridized carbons (Fsp3) is 0.217. The van der Waals surface area contributed by atoms with Crippen molar-refractivity contribution in [3.8, 4) is 0 Å². The van der Waals surface area contributed by atoms with E-state index in [1.54, 1.807) is 11.3 Å². The maximum atomic E-state index is 13.0. The van der Waals surface area contributed by atoms with Crippen molar-refractivity contribution in [3.05, 3.63) is 81.1 Å². The smallest absolute Gasteiger partial charge is 0.240 e. The van der Waals surface area contributed by atoms with Gasteiger partial charge in [-0.05, 0) is 41.6 Å². The number of hydrogen-bond acceptors (Lipinski definition) is 3. The molecule has 1 atom stereocenters. The Bertz CT molecular complexity index is 1130. The van der Waals surface area contributed by atoms with Crippen LogP contribution in [0, 0.1) is 5.92 Å². The third-order valence-corrected chi connectivity index (χ3v) is 5.97. The molecular formula is C23H22N2O2S. The van der Waals surface area contributed by atoms with Crippen LogP contribution in [-0.4, -0.2) is 10.5 Å². The predicted octanol–water partition coefficient (Wildman–Crippen LogP) is 4.73. The molecule has 0 aliphatic heterocycles. The Balaban J connectivity index is 1.75. The van der Waals surface area contributed by atoms with E-state index in [9.17, 15) is 9.59 Å². The molecular weight excluding hydrogens is 368 g/mol. The Morgan fingerprint density at radius 1 is 0.964 bits per heavy atom. The number of thiophene rings is 1. The molecule has 0 fully saturated rings. The average Bonchev–Trinajstić information content (AvgIpc) is 3.23. The highest BCUT2D eigenvalue weighted by Crippen LogP contribution is 2.26. The summed E-state index contributed by atoms with van der Waals surface area (Å²) in [6, 6.07) is 19.0. The van der Waals surface area contributed by atoms with Crippen molar-refractivity contribution in [2.24, 2.45) is 5.92 Å². The molecule has 0 bridgehead atoms. The van der Waals surface area contributed by atoms with Crippen LogP contribution in [0.25, 0.3) is 21.8 Å². The summed E-state index contributed by atoms with van der Waals surface area (Å²) in [6.07, 6.45) is 0. The molecule has 142 valence electrons. The molecule has 4 aromatic rings. The number of amides is 1. The van der Waals surface area contributed by atoms with Crippen LogP contribution in [0.3, 0.4) is 0 Å². The molecule has 0 spiro atoms. The maximum Gasteiger partial charge on any atom is 0.240 e. The van der Waals surface area contributed by atoms with Crippen molar-refractivity contribution in [1.82, 2.24) is 9.88 Å². The number of aromatic nitrogens is 1. The van der Waals surface area contributed by atoms with Gasteiger partial charge in [-0.3, -0.25) is 9.59 Å². The van der Waals surface area contributed by atoms with Crippen molar-refractivity contribution in [1.29, 1.82) is 0 Å². The molecule has 5 heteroatoms. The standard InChI is InChI=1S/C23H22N2O2S/c1-15(2)22(20-12-7-13-28-20)24-21(26)14-25-18-10-5-3-8-16(18)23(27)17-9-4-6-11-19(17)25/h3-13,15,22H,14H2,1-2H3,(H,24,26). The third-order valence-electron chi connectivity index (χ3n) is 5.01. The van der Waals surface area contributed by atoms with Gasteiger partial charge in [-0.25, -0.2) is 0 Å². The Labute approximate surface area is 167 Å². The number of carbonyl (C=O) groups is 1. The van der Waals surface area contributed by atoms with E-state index in [4.69, 9.17) is 0 Å². The summed E-state index contributed by atoms with van der Waals surface area (Å²) >= 11 is 1.65. The van der Waals surface area contributed by atoms with Crippen molar-refractivity contribution < 1.29 is 4.79 Å². The van der Waals surface area contributed by atoms with Gasteiger partial charge in [0.15, 0.2) is 5.43 Å². The zero-order valence-corrected chi connectivity index (χ0v) is 16.7. The second-order valence-electron chi connectivity index (χ2n) is 7.25. The molecule has 0 aliphatic rings. The van der Waals surface area contributed by atoms with E-state index in [-0.39, 0.29) is 29.8 Å². The van der Waals surface area contributed by atoms with Crippen LogP contribution < -0.4 is 10.7 Å². The lowest BCUT2D eigenvalue weighted by Crippen LogP contribution is -2.34. The number of nitrogens with one attached hydrogen (secondary N) is 1. The highest BCUT2D eigenvalue weighted by atomic mass is 32.1. The first-order chi connectivity index (χ1) is 13.6. The van der Waals surface area contributed by atoms with E-state index in [0.717, 1.165) is 15.9 Å². The summed E-state index contributed by atoms with van der Waals surface area (Å²) < 4.78 is 1.94. The zero-order chi connectivity index (χ0) is 19.7. The van der Waals surface area contributed by atoms with Gasteiger partial charge in [0.2, 0.25) is 5.91 Å². The first kappa shape index (κ1) is 18.4.